The van der Waals surface area contributed by atoms with Gasteiger partial charge in [-0.25, -0.2) is 0 Å². The van der Waals surface area contributed by atoms with Crippen LogP contribution in [0.5, 0.6) is 0 Å². The number of pyridine rings is 1. The van der Waals surface area contributed by atoms with Crippen molar-refractivity contribution in [3.63, 3.8) is 0 Å². The number of fused-ring (bicyclic) bond motifs is 1. The third-order valence-corrected chi connectivity index (χ3v) is 4.46. The minimum absolute atomic E-state index is 0.117. The molecule has 6 heteroatoms. The number of carbonyl (C=O) groups excluding carboxylic acids is 1. The molecule has 1 atom stereocenters. The average molecular weight is 349 g/mol. The largest absolute Gasteiger partial charge is 0.396 e. The van der Waals surface area contributed by atoms with Gasteiger partial charge in [0.1, 0.15) is 0 Å². The van der Waals surface area contributed by atoms with Gasteiger partial charge >= 0.3 is 0 Å². The second-order valence-corrected chi connectivity index (χ2v) is 6.33. The van der Waals surface area contributed by atoms with E-state index < -0.39 is 0 Å². The molecule has 1 unspecified atom stereocenters. The zero-order valence-electron chi connectivity index (χ0n) is 11.6. The van der Waals surface area contributed by atoms with Crippen LogP contribution in [0.25, 0.3) is 10.9 Å². The van der Waals surface area contributed by atoms with Crippen LogP contribution in [0, 0.1) is 5.92 Å². The van der Waals surface area contributed by atoms with Gasteiger partial charge in [-0.1, -0.05) is 15.9 Å². The molecule has 1 aliphatic rings. The molecule has 1 amide bonds. The summed E-state index contributed by atoms with van der Waals surface area (Å²) in [6, 6.07) is 5.93. The molecule has 0 saturated carbocycles. The van der Waals surface area contributed by atoms with Crippen molar-refractivity contribution in [3.05, 3.63) is 28.9 Å². The van der Waals surface area contributed by atoms with Crippen molar-refractivity contribution in [3.8, 4) is 0 Å². The molecule has 21 heavy (non-hydrogen) atoms. The van der Waals surface area contributed by atoms with Crippen LogP contribution in [-0.2, 0) is 4.79 Å². The predicted octanol–water partition coefficient (Wildman–Crippen LogP) is 2.28. The maximum Gasteiger partial charge on any atom is 0.222 e. The van der Waals surface area contributed by atoms with E-state index in [4.69, 9.17) is 11.5 Å². The van der Waals surface area contributed by atoms with Gasteiger partial charge in [-0.3, -0.25) is 9.78 Å². The molecule has 3 rings (SSSR count). The highest BCUT2D eigenvalue weighted by atomic mass is 79.9. The molecule has 1 saturated heterocycles. The maximum atomic E-state index is 11.5. The van der Waals surface area contributed by atoms with Gasteiger partial charge in [-0.2, -0.15) is 0 Å². The molecular formula is C15H17BrN4O. The van der Waals surface area contributed by atoms with Gasteiger partial charge in [-0.05, 0) is 31.0 Å². The Balaban J connectivity index is 2.08. The minimum Gasteiger partial charge on any atom is -0.396 e. The van der Waals surface area contributed by atoms with E-state index in [0.717, 1.165) is 40.4 Å². The fraction of sp³-hybridized carbons (Fsp3) is 0.333. The fourth-order valence-corrected chi connectivity index (χ4v) is 3.29. The molecule has 1 aromatic carbocycles. The summed E-state index contributed by atoms with van der Waals surface area (Å²) >= 11 is 3.49. The molecule has 5 nitrogen and oxygen atoms in total. The van der Waals surface area contributed by atoms with Crippen LogP contribution >= 0.6 is 15.9 Å². The van der Waals surface area contributed by atoms with Gasteiger partial charge in [-0.15, -0.1) is 0 Å². The second kappa shape index (κ2) is 5.52. The number of nitrogen functional groups attached to an aromatic ring is 1. The van der Waals surface area contributed by atoms with E-state index in [2.05, 4.69) is 25.8 Å². The van der Waals surface area contributed by atoms with E-state index in [1.165, 1.54) is 0 Å². The van der Waals surface area contributed by atoms with Gasteiger partial charge in [0.2, 0.25) is 5.91 Å². The highest BCUT2D eigenvalue weighted by Gasteiger charge is 2.26. The third-order valence-electron chi connectivity index (χ3n) is 3.97. The van der Waals surface area contributed by atoms with E-state index in [9.17, 15) is 4.79 Å². The topological polar surface area (TPSA) is 85.2 Å². The average Bonchev–Trinajstić information content (AvgIpc) is 2.47. The van der Waals surface area contributed by atoms with Crippen molar-refractivity contribution in [2.24, 2.45) is 11.7 Å². The monoisotopic (exact) mass is 348 g/mol. The van der Waals surface area contributed by atoms with Crippen molar-refractivity contribution in [1.82, 2.24) is 4.98 Å². The summed E-state index contributed by atoms with van der Waals surface area (Å²) in [5, 5.41) is 0.995. The highest BCUT2D eigenvalue weighted by Crippen LogP contribution is 2.35. The summed E-state index contributed by atoms with van der Waals surface area (Å²) < 4.78 is 0.979. The fourth-order valence-electron chi connectivity index (χ4n) is 2.93. The Kier molecular flexibility index (Phi) is 3.71. The normalized spacial score (nSPS) is 18.9. The standard InChI is InChI=1S/C15H17BrN4O/c16-10-3-4-13-11(6-10)14(12(17)7-19-13)20-5-1-2-9(8-20)15(18)21/h3-4,6-7,9H,1-2,5,8,17H2,(H2,18,21). The van der Waals surface area contributed by atoms with Crippen molar-refractivity contribution < 1.29 is 4.79 Å². The summed E-state index contributed by atoms with van der Waals surface area (Å²) in [5.41, 5.74) is 14.1. The van der Waals surface area contributed by atoms with E-state index in [1.807, 2.05) is 18.2 Å². The zero-order chi connectivity index (χ0) is 15.0. The number of aromatic nitrogens is 1. The number of nitrogens with zero attached hydrogens (tertiary/aromatic N) is 2. The van der Waals surface area contributed by atoms with E-state index in [0.29, 0.717) is 12.2 Å². The number of hydrogen-bond acceptors (Lipinski definition) is 4. The first kappa shape index (κ1) is 14.1. The number of hydrogen-bond donors (Lipinski definition) is 2. The quantitative estimate of drug-likeness (QED) is 0.871. The molecular weight excluding hydrogens is 332 g/mol. The molecule has 2 heterocycles. The van der Waals surface area contributed by atoms with Gasteiger partial charge in [0, 0.05) is 22.9 Å². The zero-order valence-corrected chi connectivity index (χ0v) is 13.1. The van der Waals surface area contributed by atoms with E-state index in [1.54, 1.807) is 6.20 Å². The number of anilines is 2. The lowest BCUT2D eigenvalue weighted by molar-refractivity contribution is -0.122. The number of piperidine rings is 1. The first-order valence-electron chi connectivity index (χ1n) is 6.94. The Labute approximate surface area is 131 Å². The summed E-state index contributed by atoms with van der Waals surface area (Å²) in [7, 11) is 0. The summed E-state index contributed by atoms with van der Waals surface area (Å²) in [5.74, 6) is -0.355. The van der Waals surface area contributed by atoms with Gasteiger partial charge in [0.25, 0.3) is 0 Å². The van der Waals surface area contributed by atoms with Crippen LogP contribution in [-0.4, -0.2) is 24.0 Å². The van der Waals surface area contributed by atoms with Crippen molar-refractivity contribution in [2.75, 3.05) is 23.7 Å². The predicted molar refractivity (Wildman–Crippen MR) is 88.0 cm³/mol. The minimum atomic E-state index is -0.238. The Morgan fingerprint density at radius 1 is 1.43 bits per heavy atom. The van der Waals surface area contributed by atoms with Crippen molar-refractivity contribution in [1.29, 1.82) is 0 Å². The third kappa shape index (κ3) is 2.68. The lowest BCUT2D eigenvalue weighted by Gasteiger charge is -2.34. The molecule has 0 aliphatic carbocycles. The Morgan fingerprint density at radius 2 is 2.24 bits per heavy atom. The number of amides is 1. The van der Waals surface area contributed by atoms with Crippen LogP contribution < -0.4 is 16.4 Å². The number of halogens is 1. The molecule has 1 fully saturated rings. The number of benzene rings is 1. The van der Waals surface area contributed by atoms with E-state index >= 15 is 0 Å². The molecule has 1 aromatic heterocycles. The van der Waals surface area contributed by atoms with Crippen molar-refractivity contribution in [2.45, 2.75) is 12.8 Å². The Hall–Kier alpha value is -1.82. The number of primary amides is 1. The number of carbonyl (C=O) groups is 1. The lowest BCUT2D eigenvalue weighted by Crippen LogP contribution is -2.41. The summed E-state index contributed by atoms with van der Waals surface area (Å²) in [6.45, 7) is 1.49. The van der Waals surface area contributed by atoms with Gasteiger partial charge < -0.3 is 16.4 Å². The SMILES string of the molecule is NC(=O)C1CCCN(c2c(N)cnc3ccc(Br)cc23)C1. The lowest BCUT2D eigenvalue weighted by atomic mass is 9.96. The van der Waals surface area contributed by atoms with Gasteiger partial charge in [0.05, 0.1) is 29.0 Å². The Morgan fingerprint density at radius 3 is 3.00 bits per heavy atom. The van der Waals surface area contributed by atoms with Crippen LogP contribution in [0.2, 0.25) is 0 Å². The molecule has 2 aromatic rings. The first-order valence-corrected chi connectivity index (χ1v) is 7.73. The molecule has 0 bridgehead atoms. The molecule has 110 valence electrons. The molecule has 0 spiro atoms. The Bertz CT molecular complexity index is 698. The van der Waals surface area contributed by atoms with Crippen LogP contribution in [0.3, 0.4) is 0 Å². The number of nitrogens with two attached hydrogens (primary N) is 2. The summed E-state index contributed by atoms with van der Waals surface area (Å²) in [4.78, 5) is 18.0. The van der Waals surface area contributed by atoms with Crippen LogP contribution in [0.1, 0.15) is 12.8 Å². The molecule has 1 aliphatic heterocycles. The van der Waals surface area contributed by atoms with Crippen LogP contribution in [0.4, 0.5) is 11.4 Å². The molecule has 0 radical (unpaired) electrons. The van der Waals surface area contributed by atoms with Crippen molar-refractivity contribution >= 4 is 44.1 Å². The van der Waals surface area contributed by atoms with E-state index in [-0.39, 0.29) is 11.8 Å². The molecule has 4 N–H and O–H groups in total. The maximum absolute atomic E-state index is 11.5. The van der Waals surface area contributed by atoms with Crippen LogP contribution in [0.15, 0.2) is 28.9 Å². The summed E-state index contributed by atoms with van der Waals surface area (Å²) in [6.07, 6.45) is 3.46. The smallest absolute Gasteiger partial charge is 0.222 e. The second-order valence-electron chi connectivity index (χ2n) is 5.41. The van der Waals surface area contributed by atoms with Gasteiger partial charge in [0.15, 0.2) is 0 Å². The number of rotatable bonds is 2. The highest BCUT2D eigenvalue weighted by molar-refractivity contribution is 9.10. The first-order chi connectivity index (χ1) is 10.1.